The van der Waals surface area contributed by atoms with Crippen molar-refractivity contribution in [2.24, 2.45) is 0 Å². The van der Waals surface area contributed by atoms with E-state index >= 15 is 0 Å². The molecule has 6 heteroatoms. The van der Waals surface area contributed by atoms with Gasteiger partial charge in [0.1, 0.15) is 5.82 Å². The van der Waals surface area contributed by atoms with E-state index in [9.17, 15) is 0 Å². The molecule has 27 heavy (non-hydrogen) atoms. The summed E-state index contributed by atoms with van der Waals surface area (Å²) in [6.07, 6.45) is 2.35. The Bertz CT molecular complexity index is 806. The van der Waals surface area contributed by atoms with Gasteiger partial charge >= 0.3 is 0 Å². The third-order valence-electron chi connectivity index (χ3n) is 4.89. The van der Waals surface area contributed by atoms with Crippen molar-refractivity contribution >= 4 is 23.3 Å². The summed E-state index contributed by atoms with van der Waals surface area (Å²) < 4.78 is 5.83. The number of nitrogens with two attached hydrogens (primary N) is 1. The lowest BCUT2D eigenvalue weighted by molar-refractivity contribution is 0.122. The van der Waals surface area contributed by atoms with Crippen LogP contribution in [0.2, 0.25) is 0 Å². The van der Waals surface area contributed by atoms with Gasteiger partial charge in [-0.25, -0.2) is 9.97 Å². The first kappa shape index (κ1) is 18.6. The number of benzene rings is 1. The Morgan fingerprint density at radius 3 is 2.33 bits per heavy atom. The normalized spacial score (nSPS) is 19.1. The number of rotatable bonds is 4. The van der Waals surface area contributed by atoms with Crippen LogP contribution in [0.1, 0.15) is 39.3 Å². The third-order valence-corrected chi connectivity index (χ3v) is 6.51. The fourth-order valence-corrected chi connectivity index (χ4v) is 5.18. The van der Waals surface area contributed by atoms with Crippen LogP contribution in [0.5, 0.6) is 0 Å². The fourth-order valence-electron chi connectivity index (χ4n) is 3.49. The summed E-state index contributed by atoms with van der Waals surface area (Å²) in [5, 5.41) is 0. The van der Waals surface area contributed by atoms with Crippen molar-refractivity contribution in [1.82, 2.24) is 9.97 Å². The first-order chi connectivity index (χ1) is 12.8. The first-order valence-corrected chi connectivity index (χ1v) is 10.4. The van der Waals surface area contributed by atoms with Crippen molar-refractivity contribution in [1.29, 1.82) is 0 Å². The zero-order chi connectivity index (χ0) is 19.1. The van der Waals surface area contributed by atoms with Crippen LogP contribution < -0.4 is 10.6 Å². The number of morpholine rings is 1. The molecule has 1 aliphatic heterocycles. The van der Waals surface area contributed by atoms with E-state index in [4.69, 9.17) is 20.4 Å². The van der Waals surface area contributed by atoms with Crippen molar-refractivity contribution in [2.45, 2.75) is 43.1 Å². The topological polar surface area (TPSA) is 64.3 Å². The molecule has 1 aromatic carbocycles. The molecule has 1 aliphatic carbocycles. The molecule has 2 N–H and O–H groups in total. The number of thioether (sulfide) groups is 1. The van der Waals surface area contributed by atoms with Gasteiger partial charge in [0.15, 0.2) is 5.82 Å². The molecule has 0 unspecified atom stereocenters. The molecular formula is C21H28N4OS. The van der Waals surface area contributed by atoms with Gasteiger partial charge in [0.05, 0.1) is 23.7 Å². The van der Waals surface area contributed by atoms with E-state index in [1.54, 1.807) is 0 Å². The van der Waals surface area contributed by atoms with Crippen molar-refractivity contribution in [3.63, 3.8) is 0 Å². The summed E-state index contributed by atoms with van der Waals surface area (Å²) in [7, 11) is 0. The molecule has 144 valence electrons. The number of nitrogens with zero attached hydrogens (tertiary/aromatic N) is 3. The van der Waals surface area contributed by atoms with Crippen LogP contribution in [0.25, 0.3) is 11.4 Å². The highest BCUT2D eigenvalue weighted by Gasteiger charge is 2.49. The Balaban J connectivity index is 1.76. The summed E-state index contributed by atoms with van der Waals surface area (Å²) >= 11 is 2.03. The molecule has 2 heterocycles. The van der Waals surface area contributed by atoms with Crippen LogP contribution in [0.4, 0.5) is 11.5 Å². The van der Waals surface area contributed by atoms with Crippen molar-refractivity contribution in [3.8, 4) is 11.4 Å². The highest BCUT2D eigenvalue weighted by molar-refractivity contribution is 8.01. The molecule has 2 aliphatic rings. The van der Waals surface area contributed by atoms with Crippen LogP contribution in [0.3, 0.4) is 0 Å². The SMILES string of the molecule is CC(C)(C)SC1(c2cc(N3CCOCC3)nc(-c3ccc(N)cc3)n2)CC1. The molecule has 1 aromatic heterocycles. The Morgan fingerprint density at radius 1 is 1.07 bits per heavy atom. The van der Waals surface area contributed by atoms with Crippen molar-refractivity contribution in [2.75, 3.05) is 36.9 Å². The highest BCUT2D eigenvalue weighted by atomic mass is 32.2. The second kappa shape index (κ2) is 6.99. The van der Waals surface area contributed by atoms with Crippen LogP contribution in [0.15, 0.2) is 30.3 Å². The van der Waals surface area contributed by atoms with Gasteiger partial charge in [0, 0.05) is 35.2 Å². The number of nitrogen functional groups attached to an aromatic ring is 1. The van der Waals surface area contributed by atoms with Gasteiger partial charge in [-0.2, -0.15) is 0 Å². The smallest absolute Gasteiger partial charge is 0.161 e. The minimum atomic E-state index is 0.116. The van der Waals surface area contributed by atoms with Gasteiger partial charge < -0.3 is 15.4 Å². The maximum Gasteiger partial charge on any atom is 0.161 e. The van der Waals surface area contributed by atoms with Gasteiger partial charge in [-0.05, 0) is 37.1 Å². The molecule has 1 saturated carbocycles. The molecule has 4 rings (SSSR count). The van der Waals surface area contributed by atoms with E-state index in [0.29, 0.717) is 0 Å². The van der Waals surface area contributed by atoms with E-state index in [-0.39, 0.29) is 9.49 Å². The minimum absolute atomic E-state index is 0.116. The van der Waals surface area contributed by atoms with Gasteiger partial charge in [-0.1, -0.05) is 20.8 Å². The number of ether oxygens (including phenoxy) is 1. The number of hydrogen-bond donors (Lipinski definition) is 1. The minimum Gasteiger partial charge on any atom is -0.399 e. The summed E-state index contributed by atoms with van der Waals surface area (Å²) in [5.41, 5.74) is 8.79. The van der Waals surface area contributed by atoms with E-state index in [1.807, 2.05) is 36.0 Å². The third kappa shape index (κ3) is 4.22. The maximum absolute atomic E-state index is 5.86. The predicted octanol–water partition coefficient (Wildman–Crippen LogP) is 4.08. The zero-order valence-corrected chi connectivity index (χ0v) is 17.2. The molecular weight excluding hydrogens is 356 g/mol. The van der Waals surface area contributed by atoms with Gasteiger partial charge in [0.2, 0.25) is 0 Å². The van der Waals surface area contributed by atoms with Gasteiger partial charge in [-0.15, -0.1) is 11.8 Å². The lowest BCUT2D eigenvalue weighted by Crippen LogP contribution is -2.37. The molecule has 0 spiro atoms. The summed E-state index contributed by atoms with van der Waals surface area (Å²) in [4.78, 5) is 12.2. The average Bonchev–Trinajstić information content (AvgIpc) is 3.41. The van der Waals surface area contributed by atoms with E-state index < -0.39 is 0 Å². The van der Waals surface area contributed by atoms with Gasteiger partial charge in [0.25, 0.3) is 0 Å². The van der Waals surface area contributed by atoms with Crippen LogP contribution in [0, 0.1) is 0 Å². The standard InChI is InChI=1S/C21H28N4OS/c1-20(2,3)27-21(8-9-21)17-14-18(25-10-12-26-13-11-25)24-19(23-17)15-4-6-16(22)7-5-15/h4-7,14H,8-13,22H2,1-3H3. The lowest BCUT2D eigenvalue weighted by Gasteiger charge is -2.30. The van der Waals surface area contributed by atoms with Crippen LogP contribution in [-0.2, 0) is 9.48 Å². The molecule has 2 fully saturated rings. The molecule has 5 nitrogen and oxygen atoms in total. The quantitative estimate of drug-likeness (QED) is 0.801. The second-order valence-electron chi connectivity index (χ2n) is 8.37. The Kier molecular flexibility index (Phi) is 4.80. The molecule has 0 radical (unpaired) electrons. The zero-order valence-electron chi connectivity index (χ0n) is 16.4. The van der Waals surface area contributed by atoms with E-state index in [0.717, 1.165) is 54.9 Å². The van der Waals surface area contributed by atoms with Crippen LogP contribution in [-0.4, -0.2) is 41.0 Å². The Morgan fingerprint density at radius 2 is 1.74 bits per heavy atom. The molecule has 0 bridgehead atoms. The van der Waals surface area contributed by atoms with Crippen molar-refractivity contribution in [3.05, 3.63) is 36.0 Å². The number of anilines is 2. The molecule has 2 aromatic rings. The monoisotopic (exact) mass is 384 g/mol. The lowest BCUT2D eigenvalue weighted by atomic mass is 10.1. The maximum atomic E-state index is 5.86. The molecule has 0 amide bonds. The van der Waals surface area contributed by atoms with Gasteiger partial charge in [-0.3, -0.25) is 0 Å². The Hall–Kier alpha value is -1.79. The largest absolute Gasteiger partial charge is 0.399 e. The predicted molar refractivity (Wildman–Crippen MR) is 113 cm³/mol. The number of aromatic nitrogens is 2. The summed E-state index contributed by atoms with van der Waals surface area (Å²) in [6, 6.07) is 10.0. The molecule has 0 atom stereocenters. The van der Waals surface area contributed by atoms with E-state index in [2.05, 4.69) is 31.7 Å². The van der Waals surface area contributed by atoms with Crippen LogP contribution >= 0.6 is 11.8 Å². The number of hydrogen-bond acceptors (Lipinski definition) is 6. The second-order valence-corrected chi connectivity index (χ2v) is 10.6. The first-order valence-electron chi connectivity index (χ1n) is 9.63. The fraction of sp³-hybridized carbons (Fsp3) is 0.524. The molecule has 1 saturated heterocycles. The van der Waals surface area contributed by atoms with E-state index in [1.165, 1.54) is 12.8 Å². The highest BCUT2D eigenvalue weighted by Crippen LogP contribution is 2.60. The summed E-state index contributed by atoms with van der Waals surface area (Å²) in [6.45, 7) is 10.1. The van der Waals surface area contributed by atoms with Crippen molar-refractivity contribution < 1.29 is 4.74 Å². The summed E-state index contributed by atoms with van der Waals surface area (Å²) in [5.74, 6) is 1.80. The Labute approximate surface area is 165 Å². The average molecular weight is 385 g/mol.